The monoisotopic (exact) mass is 414 g/mol. The number of hydrogen-bond donors (Lipinski definition) is 0. The van der Waals surface area contributed by atoms with Crippen LogP contribution in [-0.2, 0) is 16.0 Å². The first-order chi connectivity index (χ1) is 14.2. The third kappa shape index (κ3) is 5.27. The Labute approximate surface area is 175 Å². The molecule has 1 heterocycles. The van der Waals surface area contributed by atoms with Crippen LogP contribution in [0.2, 0.25) is 0 Å². The van der Waals surface area contributed by atoms with Crippen LogP contribution in [0.5, 0.6) is 5.75 Å². The molecule has 0 radical (unpaired) electrons. The topological polar surface area (TPSA) is 91.1 Å². The molecule has 1 aliphatic heterocycles. The number of rotatable bonds is 5. The van der Waals surface area contributed by atoms with Gasteiger partial charge in [0.2, 0.25) is 0 Å². The van der Waals surface area contributed by atoms with E-state index in [1.807, 2.05) is 24.3 Å². The number of ether oxygens (including phenoxy) is 2. The molecule has 2 aromatic carbocycles. The quantitative estimate of drug-likeness (QED) is 0.514. The van der Waals surface area contributed by atoms with E-state index in [1.165, 1.54) is 17.2 Å². The standard InChI is InChI=1S/C22H26N2O6/c1-22(2,3)29-21(25)23-18(13-15-5-9-17(10-6-15)24(26)27)14-20(30-23)16-7-11-19(28-4)12-8-16/h5-12,18,20H,13-14H2,1-4H3/t18-,20+/m1/s1. The highest BCUT2D eigenvalue weighted by Crippen LogP contribution is 2.36. The SMILES string of the molecule is COc1ccc([C@@H]2C[C@@H](Cc3ccc([N+](=O)[O-])cc3)N(C(=O)OC(C)(C)C)O2)cc1. The van der Waals surface area contributed by atoms with E-state index < -0.39 is 16.6 Å². The van der Waals surface area contributed by atoms with E-state index in [0.717, 1.165) is 16.9 Å². The van der Waals surface area contributed by atoms with Gasteiger partial charge in [-0.25, -0.2) is 4.79 Å². The Hall–Kier alpha value is -3.13. The van der Waals surface area contributed by atoms with Gasteiger partial charge in [0, 0.05) is 18.6 Å². The molecule has 0 aromatic heterocycles. The fourth-order valence-electron chi connectivity index (χ4n) is 3.32. The van der Waals surface area contributed by atoms with Gasteiger partial charge in [-0.3, -0.25) is 15.0 Å². The van der Waals surface area contributed by atoms with Gasteiger partial charge < -0.3 is 9.47 Å². The molecule has 2 aromatic rings. The molecule has 160 valence electrons. The molecular weight excluding hydrogens is 388 g/mol. The molecule has 1 fully saturated rings. The maximum atomic E-state index is 12.8. The van der Waals surface area contributed by atoms with Crippen molar-refractivity contribution < 1.29 is 24.0 Å². The van der Waals surface area contributed by atoms with Crippen LogP contribution < -0.4 is 4.74 Å². The summed E-state index contributed by atoms with van der Waals surface area (Å²) in [6, 6.07) is 13.6. The van der Waals surface area contributed by atoms with Crippen LogP contribution in [0.15, 0.2) is 48.5 Å². The normalized spacial score (nSPS) is 18.9. The molecule has 30 heavy (non-hydrogen) atoms. The second-order valence-corrected chi connectivity index (χ2v) is 8.19. The van der Waals surface area contributed by atoms with Crippen molar-refractivity contribution in [3.63, 3.8) is 0 Å². The van der Waals surface area contributed by atoms with Gasteiger partial charge >= 0.3 is 6.09 Å². The van der Waals surface area contributed by atoms with Gasteiger partial charge in [-0.2, -0.15) is 5.06 Å². The van der Waals surface area contributed by atoms with Crippen molar-refractivity contribution in [2.24, 2.45) is 0 Å². The van der Waals surface area contributed by atoms with Crippen LogP contribution in [0.4, 0.5) is 10.5 Å². The number of amides is 1. The maximum absolute atomic E-state index is 12.8. The zero-order valence-corrected chi connectivity index (χ0v) is 17.5. The Bertz CT molecular complexity index is 889. The number of benzene rings is 2. The van der Waals surface area contributed by atoms with Crippen molar-refractivity contribution in [2.45, 2.75) is 51.4 Å². The maximum Gasteiger partial charge on any atom is 0.434 e. The molecule has 0 N–H and O–H groups in total. The third-order valence-corrected chi connectivity index (χ3v) is 4.74. The van der Waals surface area contributed by atoms with E-state index >= 15 is 0 Å². The van der Waals surface area contributed by atoms with E-state index in [0.29, 0.717) is 12.8 Å². The average molecular weight is 414 g/mol. The number of hydroxylamine groups is 2. The number of hydrogen-bond acceptors (Lipinski definition) is 6. The number of nitrogens with zero attached hydrogens (tertiary/aromatic N) is 2. The fourth-order valence-corrected chi connectivity index (χ4v) is 3.32. The lowest BCUT2D eigenvalue weighted by Gasteiger charge is -2.27. The number of carbonyl (C=O) groups is 1. The minimum atomic E-state index is -0.656. The van der Waals surface area contributed by atoms with Crippen LogP contribution in [-0.4, -0.2) is 34.8 Å². The van der Waals surface area contributed by atoms with E-state index in [-0.39, 0.29) is 17.8 Å². The lowest BCUT2D eigenvalue weighted by Crippen LogP contribution is -2.39. The molecule has 1 aliphatic rings. The molecule has 8 heteroatoms. The zero-order valence-electron chi connectivity index (χ0n) is 17.5. The summed E-state index contributed by atoms with van der Waals surface area (Å²) in [5.74, 6) is 0.739. The highest BCUT2D eigenvalue weighted by Gasteiger charge is 2.40. The predicted octanol–water partition coefficient (Wildman–Crippen LogP) is 4.83. The summed E-state index contributed by atoms with van der Waals surface area (Å²) in [6.07, 6.45) is 0.198. The number of methoxy groups -OCH3 is 1. The van der Waals surface area contributed by atoms with E-state index in [2.05, 4.69) is 0 Å². The molecule has 1 amide bonds. The Balaban J connectivity index is 1.80. The van der Waals surface area contributed by atoms with Crippen molar-refractivity contribution in [1.82, 2.24) is 5.06 Å². The highest BCUT2D eigenvalue weighted by atomic mass is 16.7. The predicted molar refractivity (Wildman–Crippen MR) is 110 cm³/mol. The molecule has 0 saturated carbocycles. The van der Waals surface area contributed by atoms with Gasteiger partial charge in [0.15, 0.2) is 0 Å². The summed E-state index contributed by atoms with van der Waals surface area (Å²) in [7, 11) is 1.60. The molecule has 8 nitrogen and oxygen atoms in total. The second kappa shape index (κ2) is 8.71. The van der Waals surface area contributed by atoms with Gasteiger partial charge in [-0.05, 0) is 50.5 Å². The number of carbonyl (C=O) groups excluding carboxylic acids is 1. The minimum absolute atomic E-state index is 0.0292. The van der Waals surface area contributed by atoms with Crippen molar-refractivity contribution in [1.29, 1.82) is 0 Å². The van der Waals surface area contributed by atoms with Gasteiger partial charge in [0.25, 0.3) is 5.69 Å². The van der Waals surface area contributed by atoms with Crippen LogP contribution in [0.1, 0.15) is 44.4 Å². The summed E-state index contributed by atoms with van der Waals surface area (Å²) >= 11 is 0. The van der Waals surface area contributed by atoms with Gasteiger partial charge in [-0.15, -0.1) is 0 Å². The van der Waals surface area contributed by atoms with Gasteiger partial charge in [-0.1, -0.05) is 24.3 Å². The highest BCUT2D eigenvalue weighted by molar-refractivity contribution is 5.67. The molecular formula is C22H26N2O6. The van der Waals surface area contributed by atoms with Gasteiger partial charge in [0.05, 0.1) is 18.1 Å². The average Bonchev–Trinajstić information content (AvgIpc) is 3.11. The van der Waals surface area contributed by atoms with Crippen LogP contribution >= 0.6 is 0 Å². The Morgan fingerprint density at radius 1 is 1.17 bits per heavy atom. The molecule has 3 rings (SSSR count). The summed E-state index contributed by atoms with van der Waals surface area (Å²) < 4.78 is 10.7. The number of nitro groups is 1. The van der Waals surface area contributed by atoms with Crippen LogP contribution in [0.3, 0.4) is 0 Å². The van der Waals surface area contributed by atoms with Crippen LogP contribution in [0, 0.1) is 10.1 Å². The van der Waals surface area contributed by atoms with E-state index in [9.17, 15) is 14.9 Å². The third-order valence-electron chi connectivity index (χ3n) is 4.74. The summed E-state index contributed by atoms with van der Waals surface area (Å²) in [6.45, 7) is 5.40. The fraction of sp³-hybridized carbons (Fsp3) is 0.409. The Morgan fingerprint density at radius 3 is 2.33 bits per heavy atom. The first-order valence-corrected chi connectivity index (χ1v) is 9.72. The molecule has 0 spiro atoms. The Morgan fingerprint density at radius 2 is 1.80 bits per heavy atom. The number of nitro benzene ring substituents is 1. The first kappa shape index (κ1) is 21.6. The Kier molecular flexibility index (Phi) is 6.26. The zero-order chi connectivity index (χ0) is 21.9. The van der Waals surface area contributed by atoms with Crippen LogP contribution in [0.25, 0.3) is 0 Å². The summed E-state index contributed by atoms with van der Waals surface area (Å²) in [5, 5.41) is 12.2. The molecule has 2 atom stereocenters. The lowest BCUT2D eigenvalue weighted by molar-refractivity contribution is -0.384. The van der Waals surface area contributed by atoms with Gasteiger partial charge in [0.1, 0.15) is 17.5 Å². The molecule has 0 unspecified atom stereocenters. The molecule has 0 bridgehead atoms. The molecule has 0 aliphatic carbocycles. The lowest BCUT2D eigenvalue weighted by atomic mass is 9.98. The van der Waals surface area contributed by atoms with Crippen molar-refractivity contribution in [3.8, 4) is 5.75 Å². The van der Waals surface area contributed by atoms with Crippen molar-refractivity contribution in [2.75, 3.05) is 7.11 Å². The second-order valence-electron chi connectivity index (χ2n) is 8.19. The summed E-state index contributed by atoms with van der Waals surface area (Å²) in [5.41, 5.74) is 1.17. The first-order valence-electron chi connectivity index (χ1n) is 9.72. The smallest absolute Gasteiger partial charge is 0.434 e. The van der Waals surface area contributed by atoms with Crippen molar-refractivity contribution >= 4 is 11.8 Å². The number of non-ortho nitro benzene ring substituents is 1. The van der Waals surface area contributed by atoms with Crippen molar-refractivity contribution in [3.05, 3.63) is 69.8 Å². The summed E-state index contributed by atoms with van der Waals surface area (Å²) in [4.78, 5) is 29.2. The minimum Gasteiger partial charge on any atom is -0.497 e. The van der Waals surface area contributed by atoms with E-state index in [4.69, 9.17) is 14.3 Å². The van der Waals surface area contributed by atoms with E-state index in [1.54, 1.807) is 40.0 Å². The largest absolute Gasteiger partial charge is 0.497 e. The molecule has 1 saturated heterocycles.